The summed E-state index contributed by atoms with van der Waals surface area (Å²) in [5.41, 5.74) is 2.44. The molecule has 0 aromatic heterocycles. The van der Waals surface area contributed by atoms with Crippen molar-refractivity contribution in [2.45, 2.75) is 13.1 Å². The van der Waals surface area contributed by atoms with Crippen molar-refractivity contribution >= 4 is 16.7 Å². The zero-order chi connectivity index (χ0) is 17.5. The number of guanidine groups is 1. The minimum Gasteiger partial charge on any atom is -0.497 e. The van der Waals surface area contributed by atoms with Gasteiger partial charge in [-0.1, -0.05) is 48.5 Å². The lowest BCUT2D eigenvalue weighted by atomic mass is 10.1. The summed E-state index contributed by atoms with van der Waals surface area (Å²) in [4.78, 5) is 4.28. The normalized spacial score (nSPS) is 11.4. The largest absolute Gasteiger partial charge is 0.497 e. The van der Waals surface area contributed by atoms with Crippen LogP contribution in [0.25, 0.3) is 10.8 Å². The van der Waals surface area contributed by atoms with Crippen molar-refractivity contribution in [3.63, 3.8) is 0 Å². The minimum absolute atomic E-state index is 0.719. The highest BCUT2D eigenvalue weighted by molar-refractivity contribution is 5.85. The van der Waals surface area contributed by atoms with Gasteiger partial charge in [0.15, 0.2) is 5.96 Å². The Labute approximate surface area is 148 Å². The number of fused-ring (bicyclic) bond motifs is 1. The Kier molecular flexibility index (Phi) is 5.52. The maximum atomic E-state index is 5.27. The number of rotatable bonds is 5. The van der Waals surface area contributed by atoms with Gasteiger partial charge in [-0.05, 0) is 40.1 Å². The molecule has 0 saturated carbocycles. The molecule has 0 spiro atoms. The van der Waals surface area contributed by atoms with Gasteiger partial charge in [-0.2, -0.15) is 0 Å². The van der Waals surface area contributed by atoms with Crippen LogP contribution in [0.15, 0.2) is 71.7 Å². The monoisotopic (exact) mass is 333 g/mol. The second-order valence-electron chi connectivity index (χ2n) is 5.81. The Balaban J connectivity index is 1.60. The van der Waals surface area contributed by atoms with Crippen LogP contribution in [-0.2, 0) is 13.1 Å². The van der Waals surface area contributed by atoms with Crippen molar-refractivity contribution in [1.29, 1.82) is 0 Å². The Morgan fingerprint density at radius 3 is 2.24 bits per heavy atom. The molecule has 0 fully saturated rings. The number of hydrogen-bond acceptors (Lipinski definition) is 2. The number of aliphatic imine (C=N–C) groups is 1. The Morgan fingerprint density at radius 2 is 1.52 bits per heavy atom. The van der Waals surface area contributed by atoms with E-state index in [9.17, 15) is 0 Å². The van der Waals surface area contributed by atoms with E-state index in [1.54, 1.807) is 14.2 Å². The summed E-state index contributed by atoms with van der Waals surface area (Å²) < 4.78 is 5.27. The first-order chi connectivity index (χ1) is 12.3. The highest BCUT2D eigenvalue weighted by Crippen LogP contribution is 2.21. The average Bonchev–Trinajstić information content (AvgIpc) is 2.68. The fourth-order valence-corrected chi connectivity index (χ4v) is 2.70. The molecule has 0 aliphatic heterocycles. The van der Waals surface area contributed by atoms with Crippen molar-refractivity contribution in [3.05, 3.63) is 77.9 Å². The molecule has 128 valence electrons. The molecule has 0 heterocycles. The molecule has 0 amide bonds. The van der Waals surface area contributed by atoms with Crippen LogP contribution in [0.4, 0.5) is 0 Å². The number of methoxy groups -OCH3 is 1. The summed E-state index contributed by atoms with van der Waals surface area (Å²) in [6.07, 6.45) is 0. The molecule has 4 nitrogen and oxygen atoms in total. The summed E-state index contributed by atoms with van der Waals surface area (Å²) in [5.74, 6) is 1.67. The predicted molar refractivity (Wildman–Crippen MR) is 104 cm³/mol. The predicted octanol–water partition coefficient (Wildman–Crippen LogP) is 3.71. The van der Waals surface area contributed by atoms with Crippen LogP contribution in [0.1, 0.15) is 11.1 Å². The zero-order valence-electron chi connectivity index (χ0n) is 14.6. The van der Waals surface area contributed by atoms with E-state index in [1.165, 1.54) is 21.9 Å². The summed E-state index contributed by atoms with van der Waals surface area (Å²) in [5, 5.41) is 9.06. The average molecular weight is 333 g/mol. The van der Waals surface area contributed by atoms with Gasteiger partial charge in [-0.15, -0.1) is 0 Å². The van der Waals surface area contributed by atoms with Gasteiger partial charge >= 0.3 is 0 Å². The van der Waals surface area contributed by atoms with Crippen LogP contribution in [0, 0.1) is 0 Å². The van der Waals surface area contributed by atoms with E-state index < -0.39 is 0 Å². The third-order valence-electron chi connectivity index (χ3n) is 4.10. The van der Waals surface area contributed by atoms with Crippen molar-refractivity contribution in [2.24, 2.45) is 4.99 Å². The van der Waals surface area contributed by atoms with E-state index in [1.807, 2.05) is 30.3 Å². The van der Waals surface area contributed by atoms with Crippen LogP contribution in [0.3, 0.4) is 0 Å². The highest BCUT2D eigenvalue weighted by atomic mass is 16.5. The second-order valence-corrected chi connectivity index (χ2v) is 5.81. The van der Waals surface area contributed by atoms with E-state index in [2.05, 4.69) is 52.0 Å². The van der Waals surface area contributed by atoms with Gasteiger partial charge in [0, 0.05) is 20.1 Å². The van der Waals surface area contributed by atoms with E-state index in [-0.39, 0.29) is 0 Å². The molecule has 25 heavy (non-hydrogen) atoms. The van der Waals surface area contributed by atoms with Crippen LogP contribution >= 0.6 is 0 Å². The smallest absolute Gasteiger partial charge is 0.191 e. The van der Waals surface area contributed by atoms with Gasteiger partial charge in [0.05, 0.1) is 7.11 Å². The summed E-state index contributed by atoms with van der Waals surface area (Å²) in [6.45, 7) is 1.47. The molecule has 0 radical (unpaired) electrons. The second kappa shape index (κ2) is 8.20. The molecule has 0 bridgehead atoms. The third kappa shape index (κ3) is 4.51. The first-order valence-electron chi connectivity index (χ1n) is 8.33. The molecule has 0 aliphatic rings. The quantitative estimate of drug-likeness (QED) is 0.553. The fraction of sp³-hybridized carbons (Fsp3) is 0.190. The standard InChI is InChI=1S/C21H23N3O/c1-22-21(23-14-16-6-4-3-5-7-16)24-15-17-8-9-19-13-20(25-2)11-10-18(19)12-17/h3-13H,14-15H2,1-2H3,(H2,22,23,24). The topological polar surface area (TPSA) is 45.7 Å². The van der Waals surface area contributed by atoms with Crippen molar-refractivity contribution in [3.8, 4) is 5.75 Å². The van der Waals surface area contributed by atoms with Crippen LogP contribution in [-0.4, -0.2) is 20.1 Å². The first kappa shape index (κ1) is 16.8. The Morgan fingerprint density at radius 1 is 0.840 bits per heavy atom. The van der Waals surface area contributed by atoms with E-state index in [4.69, 9.17) is 4.74 Å². The summed E-state index contributed by atoms with van der Waals surface area (Å²) in [6, 6.07) is 22.8. The maximum Gasteiger partial charge on any atom is 0.191 e. The fourth-order valence-electron chi connectivity index (χ4n) is 2.70. The van der Waals surface area contributed by atoms with Crippen LogP contribution < -0.4 is 15.4 Å². The molecule has 0 unspecified atom stereocenters. The van der Waals surface area contributed by atoms with E-state index >= 15 is 0 Å². The molecule has 4 heteroatoms. The van der Waals surface area contributed by atoms with Crippen molar-refractivity contribution in [1.82, 2.24) is 10.6 Å². The number of hydrogen-bond donors (Lipinski definition) is 2. The van der Waals surface area contributed by atoms with Crippen molar-refractivity contribution in [2.75, 3.05) is 14.2 Å². The lowest BCUT2D eigenvalue weighted by Gasteiger charge is -2.12. The first-order valence-corrected chi connectivity index (χ1v) is 8.33. The summed E-state index contributed by atoms with van der Waals surface area (Å²) in [7, 11) is 3.47. The minimum atomic E-state index is 0.719. The number of ether oxygens (including phenoxy) is 1. The molecule has 3 rings (SSSR count). The lowest BCUT2D eigenvalue weighted by Crippen LogP contribution is -2.36. The maximum absolute atomic E-state index is 5.27. The molecule has 0 aliphatic carbocycles. The number of nitrogens with zero attached hydrogens (tertiary/aromatic N) is 1. The Hall–Kier alpha value is -3.01. The molecular weight excluding hydrogens is 310 g/mol. The van der Waals surface area contributed by atoms with Gasteiger partial charge < -0.3 is 15.4 Å². The zero-order valence-corrected chi connectivity index (χ0v) is 14.6. The summed E-state index contributed by atoms with van der Waals surface area (Å²) >= 11 is 0. The van der Waals surface area contributed by atoms with Gasteiger partial charge in [0.1, 0.15) is 5.75 Å². The Bertz CT molecular complexity index is 859. The van der Waals surface area contributed by atoms with Gasteiger partial charge in [-0.3, -0.25) is 4.99 Å². The van der Waals surface area contributed by atoms with E-state index in [0.29, 0.717) is 0 Å². The third-order valence-corrected chi connectivity index (χ3v) is 4.10. The van der Waals surface area contributed by atoms with Gasteiger partial charge in [0.2, 0.25) is 0 Å². The molecule has 3 aromatic carbocycles. The van der Waals surface area contributed by atoms with Crippen LogP contribution in [0.2, 0.25) is 0 Å². The van der Waals surface area contributed by atoms with Crippen LogP contribution in [0.5, 0.6) is 5.75 Å². The molecule has 0 atom stereocenters. The number of benzene rings is 3. The highest BCUT2D eigenvalue weighted by Gasteiger charge is 2.01. The molecular formula is C21H23N3O. The van der Waals surface area contributed by atoms with Crippen molar-refractivity contribution < 1.29 is 4.74 Å². The molecule has 3 aromatic rings. The van der Waals surface area contributed by atoms with Gasteiger partial charge in [0.25, 0.3) is 0 Å². The SMILES string of the molecule is CN=C(NCc1ccccc1)NCc1ccc2cc(OC)ccc2c1. The van der Waals surface area contributed by atoms with Gasteiger partial charge in [-0.25, -0.2) is 0 Å². The molecule has 0 saturated heterocycles. The number of nitrogens with one attached hydrogen (secondary N) is 2. The lowest BCUT2D eigenvalue weighted by molar-refractivity contribution is 0.415. The van der Waals surface area contributed by atoms with E-state index in [0.717, 1.165) is 24.8 Å². The molecule has 2 N–H and O–H groups in total.